The summed E-state index contributed by atoms with van der Waals surface area (Å²) in [5.74, 6) is 0. The molecule has 19 heavy (non-hydrogen) atoms. The SMILES string of the molecule is CCc1ccc(S(=O)(=O)OCCC[Si](C)(C)C)cc1. The summed E-state index contributed by atoms with van der Waals surface area (Å²) < 4.78 is 29.0. The summed E-state index contributed by atoms with van der Waals surface area (Å²) in [7, 11) is -4.71. The molecule has 1 aromatic carbocycles. The van der Waals surface area contributed by atoms with Crippen molar-refractivity contribution in [1.82, 2.24) is 0 Å². The first-order chi connectivity index (χ1) is 8.74. The molecule has 0 atom stereocenters. The molecule has 1 rings (SSSR count). The van der Waals surface area contributed by atoms with Crippen LogP contribution in [0.1, 0.15) is 18.9 Å². The Morgan fingerprint density at radius 3 is 2.16 bits per heavy atom. The lowest BCUT2D eigenvalue weighted by molar-refractivity contribution is 0.317. The molecular weight excluding hydrogens is 276 g/mol. The Balaban J connectivity index is 2.56. The fourth-order valence-electron chi connectivity index (χ4n) is 1.73. The average Bonchev–Trinajstić information content (AvgIpc) is 2.34. The van der Waals surface area contributed by atoms with Gasteiger partial charge in [0.05, 0.1) is 11.5 Å². The number of benzene rings is 1. The van der Waals surface area contributed by atoms with Gasteiger partial charge in [0, 0.05) is 8.07 Å². The minimum absolute atomic E-state index is 0.248. The van der Waals surface area contributed by atoms with Crippen LogP contribution in [0.3, 0.4) is 0 Å². The van der Waals surface area contributed by atoms with Crippen LogP contribution >= 0.6 is 0 Å². The quantitative estimate of drug-likeness (QED) is 0.438. The first-order valence-electron chi connectivity index (χ1n) is 6.73. The first kappa shape index (κ1) is 16.4. The highest BCUT2D eigenvalue weighted by atomic mass is 32.2. The van der Waals surface area contributed by atoms with Gasteiger partial charge in [0.2, 0.25) is 0 Å². The Morgan fingerprint density at radius 1 is 1.11 bits per heavy atom. The Bertz CT molecular complexity index is 486. The lowest BCUT2D eigenvalue weighted by Crippen LogP contribution is -2.20. The molecule has 0 N–H and O–H groups in total. The van der Waals surface area contributed by atoms with Crippen LogP contribution in [0.4, 0.5) is 0 Å². The van der Waals surface area contributed by atoms with Gasteiger partial charge in [-0.05, 0) is 30.5 Å². The summed E-state index contributed by atoms with van der Waals surface area (Å²) in [6.07, 6.45) is 1.71. The number of hydrogen-bond acceptors (Lipinski definition) is 3. The molecule has 0 saturated heterocycles. The minimum atomic E-state index is -3.59. The van der Waals surface area contributed by atoms with Gasteiger partial charge in [0.25, 0.3) is 10.1 Å². The Hall–Kier alpha value is -0.653. The summed E-state index contributed by atoms with van der Waals surface area (Å²) in [5, 5.41) is 0. The largest absolute Gasteiger partial charge is 0.296 e. The van der Waals surface area contributed by atoms with Gasteiger partial charge < -0.3 is 0 Å². The summed E-state index contributed by atoms with van der Waals surface area (Å²) in [6.45, 7) is 9.12. The van der Waals surface area contributed by atoms with Gasteiger partial charge in [-0.2, -0.15) is 8.42 Å². The molecule has 0 saturated carbocycles. The van der Waals surface area contributed by atoms with Crippen molar-refractivity contribution in [3.05, 3.63) is 29.8 Å². The first-order valence-corrected chi connectivity index (χ1v) is 11.8. The zero-order valence-electron chi connectivity index (χ0n) is 12.3. The lowest BCUT2D eigenvalue weighted by atomic mass is 10.2. The molecule has 108 valence electrons. The van der Waals surface area contributed by atoms with Crippen LogP contribution in [-0.2, 0) is 20.7 Å². The monoisotopic (exact) mass is 300 g/mol. The van der Waals surface area contributed by atoms with E-state index in [9.17, 15) is 8.42 Å². The van der Waals surface area contributed by atoms with E-state index in [2.05, 4.69) is 19.6 Å². The molecule has 0 amide bonds. The van der Waals surface area contributed by atoms with Crippen molar-refractivity contribution in [3.63, 3.8) is 0 Å². The van der Waals surface area contributed by atoms with Crippen LogP contribution in [0.2, 0.25) is 25.7 Å². The molecule has 0 aromatic heterocycles. The van der Waals surface area contributed by atoms with Gasteiger partial charge in [-0.25, -0.2) is 0 Å². The predicted molar refractivity (Wildman–Crippen MR) is 81.7 cm³/mol. The van der Waals surface area contributed by atoms with E-state index in [0.717, 1.165) is 24.4 Å². The molecule has 3 nitrogen and oxygen atoms in total. The van der Waals surface area contributed by atoms with Gasteiger partial charge in [0.15, 0.2) is 0 Å². The van der Waals surface area contributed by atoms with Crippen molar-refractivity contribution in [2.75, 3.05) is 6.61 Å². The fraction of sp³-hybridized carbons (Fsp3) is 0.571. The summed E-state index contributed by atoms with van der Waals surface area (Å²) >= 11 is 0. The minimum Gasteiger partial charge on any atom is -0.266 e. The van der Waals surface area contributed by atoms with E-state index in [-0.39, 0.29) is 11.5 Å². The standard InChI is InChI=1S/C14H24O3SSi/c1-5-13-7-9-14(10-8-13)18(15,16)17-11-6-12-19(2,3)4/h7-10H,5-6,11-12H2,1-4H3. The number of rotatable bonds is 7. The van der Waals surface area contributed by atoms with Gasteiger partial charge in [-0.1, -0.05) is 44.7 Å². The maximum Gasteiger partial charge on any atom is 0.296 e. The van der Waals surface area contributed by atoms with Gasteiger partial charge in [0.1, 0.15) is 0 Å². The van der Waals surface area contributed by atoms with Crippen LogP contribution < -0.4 is 0 Å². The summed E-state index contributed by atoms with van der Waals surface area (Å²) in [6, 6.07) is 7.98. The van der Waals surface area contributed by atoms with Gasteiger partial charge in [-0.3, -0.25) is 4.18 Å². The number of hydrogen-bond donors (Lipinski definition) is 0. The molecule has 0 fully saturated rings. The summed E-state index contributed by atoms with van der Waals surface area (Å²) in [4.78, 5) is 0.248. The second-order valence-electron chi connectivity index (χ2n) is 5.94. The zero-order valence-corrected chi connectivity index (χ0v) is 14.1. The number of aryl methyl sites for hydroxylation is 1. The van der Waals surface area contributed by atoms with Crippen molar-refractivity contribution < 1.29 is 12.6 Å². The third kappa shape index (κ3) is 5.89. The van der Waals surface area contributed by atoms with Crippen LogP contribution in [0.5, 0.6) is 0 Å². The molecule has 0 heterocycles. The van der Waals surface area contributed by atoms with Gasteiger partial charge >= 0.3 is 0 Å². The van der Waals surface area contributed by atoms with Crippen molar-refractivity contribution in [3.8, 4) is 0 Å². The molecule has 0 spiro atoms. The van der Waals surface area contributed by atoms with Gasteiger partial charge in [-0.15, -0.1) is 0 Å². The lowest BCUT2D eigenvalue weighted by Gasteiger charge is -2.15. The van der Waals surface area contributed by atoms with Crippen LogP contribution in [0.15, 0.2) is 29.2 Å². The fourth-order valence-corrected chi connectivity index (χ4v) is 3.88. The highest BCUT2D eigenvalue weighted by molar-refractivity contribution is 7.86. The third-order valence-electron chi connectivity index (χ3n) is 2.93. The highest BCUT2D eigenvalue weighted by Gasteiger charge is 2.16. The second-order valence-corrected chi connectivity index (χ2v) is 13.2. The molecule has 0 aliphatic rings. The normalized spacial score (nSPS) is 12.6. The van der Waals surface area contributed by atoms with Crippen LogP contribution in [0, 0.1) is 0 Å². The van der Waals surface area contributed by atoms with Crippen molar-refractivity contribution in [2.24, 2.45) is 0 Å². The van der Waals surface area contributed by atoms with E-state index in [0.29, 0.717) is 0 Å². The third-order valence-corrected chi connectivity index (χ3v) is 6.11. The Kier molecular flexibility index (Phi) is 5.76. The van der Waals surface area contributed by atoms with Crippen molar-refractivity contribution in [2.45, 2.75) is 50.3 Å². The topological polar surface area (TPSA) is 43.4 Å². The zero-order chi connectivity index (χ0) is 14.5. The Morgan fingerprint density at radius 2 is 1.68 bits per heavy atom. The molecule has 0 aliphatic heterocycles. The molecule has 5 heteroatoms. The van der Waals surface area contributed by atoms with Crippen LogP contribution in [0.25, 0.3) is 0 Å². The maximum absolute atomic E-state index is 11.9. The molecule has 1 aromatic rings. The van der Waals surface area contributed by atoms with E-state index >= 15 is 0 Å². The Labute approximate surface area is 118 Å². The van der Waals surface area contributed by atoms with E-state index in [1.165, 1.54) is 0 Å². The maximum atomic E-state index is 11.9. The summed E-state index contributed by atoms with van der Waals surface area (Å²) in [5.41, 5.74) is 1.12. The molecular formula is C14H24O3SSi. The van der Waals surface area contributed by atoms with Crippen molar-refractivity contribution in [1.29, 1.82) is 0 Å². The second kappa shape index (κ2) is 6.68. The predicted octanol–water partition coefficient (Wildman–Crippen LogP) is 3.68. The smallest absolute Gasteiger partial charge is 0.266 e. The van der Waals surface area contributed by atoms with E-state index in [4.69, 9.17) is 4.18 Å². The van der Waals surface area contributed by atoms with E-state index in [1.807, 2.05) is 19.1 Å². The molecule has 0 radical (unpaired) electrons. The average molecular weight is 300 g/mol. The highest BCUT2D eigenvalue weighted by Crippen LogP contribution is 2.16. The van der Waals surface area contributed by atoms with E-state index < -0.39 is 18.2 Å². The molecule has 0 unspecified atom stereocenters. The molecule has 0 aliphatic carbocycles. The van der Waals surface area contributed by atoms with Crippen LogP contribution in [-0.4, -0.2) is 23.1 Å². The molecule has 0 bridgehead atoms. The van der Waals surface area contributed by atoms with Crippen molar-refractivity contribution >= 4 is 18.2 Å². The van der Waals surface area contributed by atoms with E-state index in [1.54, 1.807) is 12.1 Å².